The summed E-state index contributed by atoms with van der Waals surface area (Å²) in [5.74, 6) is -0.646. The molecular weight excluding hydrogens is 230 g/mol. The van der Waals surface area contributed by atoms with Gasteiger partial charge in [-0.25, -0.2) is 8.42 Å². The Balaban J connectivity index is 4.48. The standard InChI is InChI=1S/C10H21NO4S/c1-5-9(11-3)8(2)16(13,14)7-6-10(12)15-4/h8-9,11H,5-7H2,1-4H3. The van der Waals surface area contributed by atoms with Crippen LogP contribution in [0.1, 0.15) is 26.7 Å². The Hall–Kier alpha value is -0.620. The van der Waals surface area contributed by atoms with Crippen molar-refractivity contribution in [1.82, 2.24) is 5.32 Å². The van der Waals surface area contributed by atoms with Gasteiger partial charge in [0, 0.05) is 6.04 Å². The zero-order valence-electron chi connectivity index (χ0n) is 10.3. The van der Waals surface area contributed by atoms with E-state index in [1.807, 2.05) is 6.92 Å². The molecule has 0 aromatic carbocycles. The average Bonchev–Trinajstić information content (AvgIpc) is 2.27. The first-order valence-electron chi connectivity index (χ1n) is 5.34. The van der Waals surface area contributed by atoms with Crippen LogP contribution in [0, 0.1) is 0 Å². The van der Waals surface area contributed by atoms with Gasteiger partial charge in [-0.3, -0.25) is 4.79 Å². The Morgan fingerprint density at radius 2 is 2.00 bits per heavy atom. The molecule has 0 aliphatic rings. The number of hydrogen-bond acceptors (Lipinski definition) is 5. The van der Waals surface area contributed by atoms with E-state index in [1.165, 1.54) is 7.11 Å². The number of rotatable bonds is 7. The fourth-order valence-electron chi connectivity index (χ4n) is 1.53. The number of methoxy groups -OCH3 is 1. The number of carbonyl (C=O) groups excluding carboxylic acids is 1. The average molecular weight is 251 g/mol. The van der Waals surface area contributed by atoms with Crippen molar-refractivity contribution in [2.24, 2.45) is 0 Å². The Morgan fingerprint density at radius 1 is 1.44 bits per heavy atom. The Kier molecular flexibility index (Phi) is 6.59. The first kappa shape index (κ1) is 15.4. The van der Waals surface area contributed by atoms with E-state index in [4.69, 9.17) is 0 Å². The van der Waals surface area contributed by atoms with Crippen molar-refractivity contribution in [2.45, 2.75) is 38.0 Å². The molecule has 0 rings (SSSR count). The number of carbonyl (C=O) groups is 1. The maximum atomic E-state index is 11.9. The molecular formula is C10H21NO4S. The second kappa shape index (κ2) is 6.85. The summed E-state index contributed by atoms with van der Waals surface area (Å²) in [4.78, 5) is 10.9. The molecule has 2 atom stereocenters. The Bertz CT molecular complexity index is 309. The number of nitrogens with one attached hydrogen (secondary N) is 1. The van der Waals surface area contributed by atoms with Crippen LogP contribution in [0.5, 0.6) is 0 Å². The second-order valence-electron chi connectivity index (χ2n) is 3.70. The van der Waals surface area contributed by atoms with Gasteiger partial charge in [-0.15, -0.1) is 0 Å². The summed E-state index contributed by atoms with van der Waals surface area (Å²) in [5.41, 5.74) is 0. The molecule has 6 heteroatoms. The lowest BCUT2D eigenvalue weighted by molar-refractivity contribution is -0.140. The Labute approximate surface area is 97.5 Å². The highest BCUT2D eigenvalue weighted by atomic mass is 32.2. The van der Waals surface area contributed by atoms with Crippen molar-refractivity contribution in [3.8, 4) is 0 Å². The molecule has 0 fully saturated rings. The molecule has 0 aromatic rings. The summed E-state index contributed by atoms with van der Waals surface area (Å²) in [6.07, 6.45) is 0.651. The molecule has 0 aliphatic carbocycles. The van der Waals surface area contributed by atoms with Crippen LogP contribution in [0.15, 0.2) is 0 Å². The van der Waals surface area contributed by atoms with Gasteiger partial charge >= 0.3 is 5.97 Å². The van der Waals surface area contributed by atoms with Gasteiger partial charge in [-0.2, -0.15) is 0 Å². The summed E-state index contributed by atoms with van der Waals surface area (Å²) in [5, 5.41) is 2.47. The largest absolute Gasteiger partial charge is 0.469 e. The van der Waals surface area contributed by atoms with Crippen molar-refractivity contribution in [3.63, 3.8) is 0 Å². The van der Waals surface area contributed by atoms with Crippen LogP contribution >= 0.6 is 0 Å². The first-order valence-corrected chi connectivity index (χ1v) is 7.06. The van der Waals surface area contributed by atoms with Crippen LogP contribution in [0.25, 0.3) is 0 Å². The van der Waals surface area contributed by atoms with E-state index in [1.54, 1.807) is 14.0 Å². The van der Waals surface area contributed by atoms with Crippen molar-refractivity contribution >= 4 is 15.8 Å². The lowest BCUT2D eigenvalue weighted by Crippen LogP contribution is -2.41. The predicted octanol–water partition coefficient (Wildman–Crippen LogP) is 0.351. The molecule has 5 nitrogen and oxygen atoms in total. The lowest BCUT2D eigenvalue weighted by atomic mass is 10.2. The number of sulfone groups is 1. The van der Waals surface area contributed by atoms with Crippen molar-refractivity contribution in [2.75, 3.05) is 19.9 Å². The molecule has 96 valence electrons. The number of ether oxygens (including phenoxy) is 1. The SMILES string of the molecule is CCC(NC)C(C)S(=O)(=O)CCC(=O)OC. The van der Waals surface area contributed by atoms with Gasteiger partial charge in [-0.05, 0) is 20.4 Å². The fraction of sp³-hybridized carbons (Fsp3) is 0.900. The van der Waals surface area contributed by atoms with Crippen LogP contribution in [-0.2, 0) is 19.4 Å². The minimum Gasteiger partial charge on any atom is -0.469 e. The third-order valence-electron chi connectivity index (χ3n) is 2.76. The molecule has 0 saturated heterocycles. The maximum absolute atomic E-state index is 11.9. The third-order valence-corrected chi connectivity index (χ3v) is 5.00. The van der Waals surface area contributed by atoms with Crippen LogP contribution in [0.4, 0.5) is 0 Å². The molecule has 0 bridgehead atoms. The molecule has 0 amide bonds. The molecule has 2 unspecified atom stereocenters. The topological polar surface area (TPSA) is 72.5 Å². The summed E-state index contributed by atoms with van der Waals surface area (Å²) in [6, 6.07) is -0.0809. The zero-order chi connectivity index (χ0) is 12.8. The smallest absolute Gasteiger partial charge is 0.306 e. The van der Waals surface area contributed by atoms with E-state index in [0.717, 1.165) is 6.42 Å². The number of hydrogen-bond donors (Lipinski definition) is 1. The van der Waals surface area contributed by atoms with Gasteiger partial charge in [0.1, 0.15) is 0 Å². The van der Waals surface area contributed by atoms with Crippen molar-refractivity contribution in [1.29, 1.82) is 0 Å². The van der Waals surface area contributed by atoms with Crippen molar-refractivity contribution in [3.05, 3.63) is 0 Å². The first-order chi connectivity index (χ1) is 7.38. The molecule has 0 spiro atoms. The molecule has 0 aliphatic heterocycles. The van der Waals surface area contributed by atoms with Crippen LogP contribution in [0.3, 0.4) is 0 Å². The maximum Gasteiger partial charge on any atom is 0.306 e. The quantitative estimate of drug-likeness (QED) is 0.661. The van der Waals surface area contributed by atoms with Gasteiger partial charge in [0.25, 0.3) is 0 Å². The summed E-state index contributed by atoms with van der Waals surface area (Å²) >= 11 is 0. The minimum atomic E-state index is -3.25. The van der Waals surface area contributed by atoms with Crippen LogP contribution < -0.4 is 5.32 Å². The molecule has 16 heavy (non-hydrogen) atoms. The van der Waals surface area contributed by atoms with E-state index < -0.39 is 21.1 Å². The van der Waals surface area contributed by atoms with Gasteiger partial charge in [0.15, 0.2) is 9.84 Å². The van der Waals surface area contributed by atoms with E-state index in [-0.39, 0.29) is 18.2 Å². The molecule has 0 saturated carbocycles. The highest BCUT2D eigenvalue weighted by Gasteiger charge is 2.27. The van der Waals surface area contributed by atoms with E-state index in [2.05, 4.69) is 10.1 Å². The van der Waals surface area contributed by atoms with Gasteiger partial charge in [0.2, 0.25) is 0 Å². The van der Waals surface area contributed by atoms with Gasteiger partial charge in [0.05, 0.1) is 24.5 Å². The third kappa shape index (κ3) is 4.49. The van der Waals surface area contributed by atoms with Crippen molar-refractivity contribution < 1.29 is 17.9 Å². The van der Waals surface area contributed by atoms with E-state index in [9.17, 15) is 13.2 Å². The number of esters is 1. The van der Waals surface area contributed by atoms with E-state index >= 15 is 0 Å². The molecule has 0 heterocycles. The van der Waals surface area contributed by atoms with Gasteiger partial charge < -0.3 is 10.1 Å². The highest BCUT2D eigenvalue weighted by molar-refractivity contribution is 7.92. The lowest BCUT2D eigenvalue weighted by Gasteiger charge is -2.21. The summed E-state index contributed by atoms with van der Waals surface area (Å²) < 4.78 is 28.1. The summed E-state index contributed by atoms with van der Waals surface area (Å²) in [6.45, 7) is 3.59. The second-order valence-corrected chi connectivity index (χ2v) is 6.18. The molecule has 0 aromatic heterocycles. The highest BCUT2D eigenvalue weighted by Crippen LogP contribution is 2.11. The minimum absolute atomic E-state index is 0.0800. The summed E-state index contributed by atoms with van der Waals surface area (Å²) in [7, 11) is -0.265. The fourth-order valence-corrected chi connectivity index (χ4v) is 3.19. The Morgan fingerprint density at radius 3 is 2.38 bits per heavy atom. The normalized spacial score (nSPS) is 15.5. The predicted molar refractivity (Wildman–Crippen MR) is 63.0 cm³/mol. The molecule has 0 radical (unpaired) electrons. The van der Waals surface area contributed by atoms with Gasteiger partial charge in [-0.1, -0.05) is 6.92 Å². The molecule has 1 N–H and O–H groups in total. The zero-order valence-corrected chi connectivity index (χ0v) is 11.1. The van der Waals surface area contributed by atoms with E-state index in [0.29, 0.717) is 0 Å². The monoisotopic (exact) mass is 251 g/mol. The van der Waals surface area contributed by atoms with Crippen LogP contribution in [0.2, 0.25) is 0 Å². The van der Waals surface area contributed by atoms with Crippen LogP contribution in [-0.4, -0.2) is 45.6 Å².